The Bertz CT molecular complexity index is 386. The number of amides is 3. The third-order valence-electron chi connectivity index (χ3n) is 1.61. The molecule has 0 saturated carbocycles. The van der Waals surface area contributed by atoms with Gasteiger partial charge >= 0.3 is 12.2 Å². The largest absolute Gasteiger partial charge is 0.464 e. The van der Waals surface area contributed by atoms with Gasteiger partial charge in [0.1, 0.15) is 0 Å². The molecule has 0 aliphatic rings. The minimum absolute atomic E-state index is 0.00213. The first kappa shape index (κ1) is 10.7. The smallest absolute Gasteiger partial charge is 0.424 e. The van der Waals surface area contributed by atoms with E-state index in [0.717, 1.165) is 0 Å². The van der Waals surface area contributed by atoms with Crippen molar-refractivity contribution in [2.45, 2.75) is 0 Å². The number of carbonyl (C=O) groups excluding carboxylic acids is 1. The van der Waals surface area contributed by atoms with Gasteiger partial charge in [-0.15, -0.1) is 4.90 Å². The van der Waals surface area contributed by atoms with E-state index in [1.54, 1.807) is 6.07 Å². The summed E-state index contributed by atoms with van der Waals surface area (Å²) in [5.74, 6) is -1.09. The molecule has 0 bridgehead atoms. The highest BCUT2D eigenvalue weighted by Gasteiger charge is 2.28. The maximum atomic E-state index is 11.4. The number of benzene rings is 1. The van der Waals surface area contributed by atoms with Crippen LogP contribution in [0.4, 0.5) is 9.59 Å². The van der Waals surface area contributed by atoms with Crippen LogP contribution in [0.25, 0.3) is 0 Å². The molecule has 0 saturated heterocycles. The Balaban J connectivity index is 3.02. The van der Waals surface area contributed by atoms with Gasteiger partial charge in [-0.05, 0) is 12.1 Å². The van der Waals surface area contributed by atoms with Crippen LogP contribution < -0.4 is 0 Å². The van der Waals surface area contributed by atoms with Crippen molar-refractivity contribution in [3.05, 3.63) is 35.9 Å². The molecule has 6 nitrogen and oxygen atoms in total. The zero-order valence-corrected chi connectivity index (χ0v) is 7.45. The van der Waals surface area contributed by atoms with Crippen LogP contribution >= 0.6 is 0 Å². The van der Waals surface area contributed by atoms with Gasteiger partial charge in [-0.25, -0.2) is 9.59 Å². The maximum Gasteiger partial charge on any atom is 0.424 e. The Hall–Kier alpha value is -2.37. The monoisotopic (exact) mass is 209 g/mol. The lowest BCUT2D eigenvalue weighted by molar-refractivity contribution is 0.0732. The normalized spacial score (nSPS) is 9.33. The molecule has 78 valence electrons. The number of rotatable bonds is 1. The van der Waals surface area contributed by atoms with E-state index in [4.69, 9.17) is 10.2 Å². The molecule has 0 radical (unpaired) electrons. The van der Waals surface area contributed by atoms with Crippen LogP contribution in [0.2, 0.25) is 0 Å². The van der Waals surface area contributed by atoms with Crippen molar-refractivity contribution in [2.75, 3.05) is 0 Å². The first-order valence-corrected chi connectivity index (χ1v) is 3.89. The van der Waals surface area contributed by atoms with Crippen LogP contribution in [-0.2, 0) is 0 Å². The molecule has 0 fully saturated rings. The summed E-state index contributed by atoms with van der Waals surface area (Å²) in [6, 6.07) is 7.31. The van der Waals surface area contributed by atoms with Crippen LogP contribution in [-0.4, -0.2) is 33.2 Å². The van der Waals surface area contributed by atoms with E-state index in [9.17, 15) is 14.4 Å². The number of carboxylic acid groups (broad SMARTS) is 2. The van der Waals surface area contributed by atoms with Gasteiger partial charge in [-0.3, -0.25) is 4.79 Å². The number of carbonyl (C=O) groups is 3. The molecule has 3 amide bonds. The summed E-state index contributed by atoms with van der Waals surface area (Å²) >= 11 is 0. The molecule has 0 atom stereocenters. The summed E-state index contributed by atoms with van der Waals surface area (Å²) in [7, 11) is 0. The summed E-state index contributed by atoms with van der Waals surface area (Å²) in [4.78, 5) is 32.1. The second-order valence-corrected chi connectivity index (χ2v) is 2.57. The second kappa shape index (κ2) is 4.23. The summed E-state index contributed by atoms with van der Waals surface area (Å²) in [6.45, 7) is 0. The van der Waals surface area contributed by atoms with Crippen molar-refractivity contribution < 1.29 is 24.6 Å². The fourth-order valence-corrected chi connectivity index (χ4v) is 0.965. The molecule has 0 heterocycles. The van der Waals surface area contributed by atoms with Crippen LogP contribution in [0, 0.1) is 0 Å². The average molecular weight is 209 g/mol. The summed E-state index contributed by atoms with van der Waals surface area (Å²) in [5.41, 5.74) is 0.00213. The third kappa shape index (κ3) is 2.31. The van der Waals surface area contributed by atoms with E-state index >= 15 is 0 Å². The number of hydrogen-bond donors (Lipinski definition) is 2. The number of hydrogen-bond acceptors (Lipinski definition) is 3. The number of nitrogens with zero attached hydrogens (tertiary/aromatic N) is 1. The van der Waals surface area contributed by atoms with Gasteiger partial charge in [0.05, 0.1) is 0 Å². The predicted octanol–water partition coefficient (Wildman–Crippen LogP) is 1.48. The molecular formula is C9H7NO5. The van der Waals surface area contributed by atoms with E-state index in [1.807, 2.05) is 0 Å². The van der Waals surface area contributed by atoms with Gasteiger partial charge < -0.3 is 10.2 Å². The van der Waals surface area contributed by atoms with Crippen molar-refractivity contribution in [3.63, 3.8) is 0 Å². The zero-order valence-electron chi connectivity index (χ0n) is 7.45. The number of imide groups is 3. The Labute approximate surface area is 84.4 Å². The first-order chi connectivity index (χ1) is 7.04. The van der Waals surface area contributed by atoms with Gasteiger partial charge in [0.25, 0.3) is 5.91 Å². The SMILES string of the molecule is O=C(O)N(C(=O)O)C(=O)c1ccccc1. The third-order valence-corrected chi connectivity index (χ3v) is 1.61. The van der Waals surface area contributed by atoms with Gasteiger partial charge in [0.2, 0.25) is 0 Å². The Morgan fingerprint density at radius 3 is 1.80 bits per heavy atom. The first-order valence-electron chi connectivity index (χ1n) is 3.89. The minimum atomic E-state index is -1.82. The molecule has 1 rings (SSSR count). The fourth-order valence-electron chi connectivity index (χ4n) is 0.965. The topological polar surface area (TPSA) is 94.9 Å². The van der Waals surface area contributed by atoms with Gasteiger partial charge in [-0.1, -0.05) is 18.2 Å². The van der Waals surface area contributed by atoms with Crippen LogP contribution in [0.15, 0.2) is 30.3 Å². The van der Waals surface area contributed by atoms with Gasteiger partial charge in [0.15, 0.2) is 0 Å². The summed E-state index contributed by atoms with van der Waals surface area (Å²) < 4.78 is 0. The lowest BCUT2D eigenvalue weighted by Gasteiger charge is -2.10. The highest BCUT2D eigenvalue weighted by molar-refractivity contribution is 6.12. The molecule has 15 heavy (non-hydrogen) atoms. The summed E-state index contributed by atoms with van der Waals surface area (Å²) in [5, 5.41) is 17.0. The van der Waals surface area contributed by atoms with E-state index in [2.05, 4.69) is 0 Å². The molecule has 6 heteroatoms. The second-order valence-electron chi connectivity index (χ2n) is 2.57. The standard InChI is InChI=1S/C9H7NO5/c11-7(6-4-2-1-3-5-6)10(8(12)13)9(14)15/h1-5H,(H,12,13)(H,14,15). The van der Waals surface area contributed by atoms with Gasteiger partial charge in [0, 0.05) is 5.56 Å². The zero-order chi connectivity index (χ0) is 11.4. The average Bonchev–Trinajstić information content (AvgIpc) is 2.18. The Kier molecular flexibility index (Phi) is 3.02. The lowest BCUT2D eigenvalue weighted by Crippen LogP contribution is -2.39. The van der Waals surface area contributed by atoms with Crippen molar-refractivity contribution in [2.24, 2.45) is 0 Å². The van der Waals surface area contributed by atoms with Crippen LogP contribution in [0.5, 0.6) is 0 Å². The molecule has 1 aromatic rings. The van der Waals surface area contributed by atoms with Crippen molar-refractivity contribution >= 4 is 18.1 Å². The highest BCUT2D eigenvalue weighted by Crippen LogP contribution is 2.05. The summed E-state index contributed by atoms with van der Waals surface area (Å²) in [6.07, 6.45) is -3.65. The van der Waals surface area contributed by atoms with Crippen molar-refractivity contribution in [1.82, 2.24) is 4.90 Å². The van der Waals surface area contributed by atoms with Crippen LogP contribution in [0.3, 0.4) is 0 Å². The minimum Gasteiger partial charge on any atom is -0.464 e. The highest BCUT2D eigenvalue weighted by atomic mass is 16.4. The Morgan fingerprint density at radius 2 is 1.40 bits per heavy atom. The molecule has 0 spiro atoms. The van der Waals surface area contributed by atoms with Crippen molar-refractivity contribution in [3.8, 4) is 0 Å². The van der Waals surface area contributed by atoms with E-state index < -0.39 is 18.1 Å². The molecule has 0 aliphatic heterocycles. The molecule has 0 aliphatic carbocycles. The van der Waals surface area contributed by atoms with E-state index in [-0.39, 0.29) is 10.5 Å². The molecule has 0 unspecified atom stereocenters. The van der Waals surface area contributed by atoms with Gasteiger partial charge in [-0.2, -0.15) is 0 Å². The lowest BCUT2D eigenvalue weighted by atomic mass is 10.2. The Morgan fingerprint density at radius 1 is 0.933 bits per heavy atom. The van der Waals surface area contributed by atoms with Crippen LogP contribution in [0.1, 0.15) is 10.4 Å². The molecular weight excluding hydrogens is 202 g/mol. The maximum absolute atomic E-state index is 11.4. The predicted molar refractivity (Wildman–Crippen MR) is 48.7 cm³/mol. The molecule has 1 aromatic carbocycles. The van der Waals surface area contributed by atoms with E-state index in [1.165, 1.54) is 24.3 Å². The van der Waals surface area contributed by atoms with Crippen molar-refractivity contribution in [1.29, 1.82) is 0 Å². The molecule has 2 N–H and O–H groups in total. The van der Waals surface area contributed by atoms with E-state index in [0.29, 0.717) is 0 Å². The fraction of sp³-hybridized carbons (Fsp3) is 0. The molecule has 0 aromatic heterocycles. The quantitative estimate of drug-likeness (QED) is 0.730.